The Hall–Kier alpha value is -2.36. The first-order valence-corrected chi connectivity index (χ1v) is 10.3. The summed E-state index contributed by atoms with van der Waals surface area (Å²) < 4.78 is 2.13. The molecule has 4 nitrogen and oxygen atoms in total. The number of aromatic nitrogens is 3. The lowest BCUT2D eigenvalue weighted by molar-refractivity contribution is 0.353. The monoisotopic (exact) mass is 360 g/mol. The van der Waals surface area contributed by atoms with Gasteiger partial charge in [-0.05, 0) is 50.5 Å². The zero-order valence-corrected chi connectivity index (χ0v) is 16.6. The summed E-state index contributed by atoms with van der Waals surface area (Å²) >= 11 is 0. The van der Waals surface area contributed by atoms with Crippen molar-refractivity contribution in [3.05, 3.63) is 47.2 Å². The van der Waals surface area contributed by atoms with E-state index in [9.17, 15) is 0 Å². The van der Waals surface area contributed by atoms with Gasteiger partial charge in [-0.15, -0.1) is 0 Å². The Labute approximate surface area is 161 Å². The fourth-order valence-electron chi connectivity index (χ4n) is 5.07. The third-order valence-electron chi connectivity index (χ3n) is 6.08. The van der Waals surface area contributed by atoms with Gasteiger partial charge < -0.3 is 4.90 Å². The average molecular weight is 361 g/mol. The molecule has 1 aliphatic heterocycles. The molecule has 5 rings (SSSR count). The van der Waals surface area contributed by atoms with Crippen molar-refractivity contribution >= 4 is 11.5 Å². The maximum atomic E-state index is 5.04. The molecule has 1 saturated heterocycles. The Morgan fingerprint density at radius 3 is 2.63 bits per heavy atom. The van der Waals surface area contributed by atoms with E-state index in [0.717, 1.165) is 49.1 Å². The van der Waals surface area contributed by atoms with Crippen LogP contribution in [-0.2, 0) is 12.8 Å². The van der Waals surface area contributed by atoms with Crippen molar-refractivity contribution in [3.63, 3.8) is 0 Å². The van der Waals surface area contributed by atoms with E-state index in [2.05, 4.69) is 60.5 Å². The molecule has 0 N–H and O–H groups in total. The Bertz CT molecular complexity index is 993. The lowest BCUT2D eigenvalue weighted by atomic mass is 9.91. The highest BCUT2D eigenvalue weighted by atomic mass is 15.4. The molecule has 4 heteroatoms. The maximum Gasteiger partial charge on any atom is 0.158 e. The molecule has 1 aromatic carbocycles. The van der Waals surface area contributed by atoms with Crippen LogP contribution in [0.4, 0.5) is 5.82 Å². The molecule has 0 spiro atoms. The van der Waals surface area contributed by atoms with Gasteiger partial charge in [0.2, 0.25) is 0 Å². The van der Waals surface area contributed by atoms with Crippen LogP contribution in [0.1, 0.15) is 43.5 Å². The third-order valence-corrected chi connectivity index (χ3v) is 6.08. The largest absolute Gasteiger partial charge is 0.356 e. The van der Waals surface area contributed by atoms with Gasteiger partial charge in [0.05, 0.1) is 5.69 Å². The zero-order valence-electron chi connectivity index (χ0n) is 16.6. The van der Waals surface area contributed by atoms with Crippen molar-refractivity contribution in [2.75, 3.05) is 18.0 Å². The summed E-state index contributed by atoms with van der Waals surface area (Å²) in [4.78, 5) is 7.58. The SMILES string of the molecule is Cc1cccc(-c2cc3nc4c(c(N5C[C@H](C)C[C@@H](C)C5)n3n2)CCC4)c1. The van der Waals surface area contributed by atoms with E-state index in [0.29, 0.717) is 0 Å². The molecule has 0 unspecified atom stereocenters. The minimum absolute atomic E-state index is 0.723. The molecule has 2 atom stereocenters. The maximum absolute atomic E-state index is 5.04. The molecular formula is C23H28N4. The highest BCUT2D eigenvalue weighted by Crippen LogP contribution is 2.35. The van der Waals surface area contributed by atoms with Crippen LogP contribution in [0.25, 0.3) is 16.9 Å². The number of piperidine rings is 1. The molecule has 3 aromatic rings. The Kier molecular flexibility index (Phi) is 3.96. The summed E-state index contributed by atoms with van der Waals surface area (Å²) in [7, 11) is 0. The van der Waals surface area contributed by atoms with Crippen molar-refractivity contribution in [1.82, 2.24) is 14.6 Å². The first-order chi connectivity index (χ1) is 13.1. The second-order valence-corrected chi connectivity index (χ2v) is 8.73. The Morgan fingerprint density at radius 2 is 1.85 bits per heavy atom. The molecule has 27 heavy (non-hydrogen) atoms. The van der Waals surface area contributed by atoms with Crippen molar-refractivity contribution in [3.8, 4) is 11.3 Å². The highest BCUT2D eigenvalue weighted by molar-refractivity contribution is 5.68. The number of aryl methyl sites for hydroxylation is 2. The summed E-state index contributed by atoms with van der Waals surface area (Å²) in [5.74, 6) is 2.76. The minimum atomic E-state index is 0.723. The van der Waals surface area contributed by atoms with Gasteiger partial charge in [-0.3, -0.25) is 0 Å². The molecule has 1 fully saturated rings. The fraction of sp³-hybridized carbons (Fsp3) is 0.478. The quantitative estimate of drug-likeness (QED) is 0.665. The second-order valence-electron chi connectivity index (χ2n) is 8.73. The van der Waals surface area contributed by atoms with Crippen LogP contribution in [0.3, 0.4) is 0 Å². The van der Waals surface area contributed by atoms with E-state index in [4.69, 9.17) is 10.1 Å². The number of hydrogen-bond donors (Lipinski definition) is 0. The van der Waals surface area contributed by atoms with Crippen LogP contribution in [0.5, 0.6) is 0 Å². The van der Waals surface area contributed by atoms with Crippen LogP contribution in [0.15, 0.2) is 30.3 Å². The molecule has 1 aliphatic carbocycles. The predicted molar refractivity (Wildman–Crippen MR) is 110 cm³/mol. The molecule has 2 aliphatic rings. The van der Waals surface area contributed by atoms with Crippen LogP contribution >= 0.6 is 0 Å². The number of hydrogen-bond acceptors (Lipinski definition) is 3. The second kappa shape index (κ2) is 6.36. The van der Waals surface area contributed by atoms with Gasteiger partial charge in [0, 0.05) is 36.0 Å². The van der Waals surface area contributed by atoms with E-state index >= 15 is 0 Å². The third kappa shape index (κ3) is 2.91. The highest BCUT2D eigenvalue weighted by Gasteiger charge is 2.29. The predicted octanol–water partition coefficient (Wildman–Crippen LogP) is 4.68. The Balaban J connectivity index is 1.68. The first kappa shape index (κ1) is 16.8. The minimum Gasteiger partial charge on any atom is -0.356 e. The Morgan fingerprint density at radius 1 is 1.04 bits per heavy atom. The van der Waals surface area contributed by atoms with Crippen LogP contribution in [0.2, 0.25) is 0 Å². The van der Waals surface area contributed by atoms with Crippen molar-refractivity contribution in [2.45, 2.75) is 46.5 Å². The van der Waals surface area contributed by atoms with Gasteiger partial charge in [-0.2, -0.15) is 9.61 Å². The van der Waals surface area contributed by atoms with Gasteiger partial charge in [0.15, 0.2) is 5.65 Å². The van der Waals surface area contributed by atoms with Crippen LogP contribution < -0.4 is 4.90 Å². The first-order valence-electron chi connectivity index (χ1n) is 10.3. The normalized spacial score (nSPS) is 22.4. The molecule has 3 heterocycles. The van der Waals surface area contributed by atoms with E-state index < -0.39 is 0 Å². The molecule has 0 saturated carbocycles. The van der Waals surface area contributed by atoms with Crippen molar-refractivity contribution in [1.29, 1.82) is 0 Å². The molecule has 140 valence electrons. The van der Waals surface area contributed by atoms with Gasteiger partial charge >= 0.3 is 0 Å². The number of nitrogens with zero attached hydrogens (tertiary/aromatic N) is 4. The number of fused-ring (bicyclic) bond motifs is 2. The van der Waals surface area contributed by atoms with Gasteiger partial charge in [-0.25, -0.2) is 4.98 Å². The summed E-state index contributed by atoms with van der Waals surface area (Å²) in [6.45, 7) is 9.13. The fourth-order valence-corrected chi connectivity index (χ4v) is 5.07. The number of benzene rings is 1. The van der Waals surface area contributed by atoms with Gasteiger partial charge in [-0.1, -0.05) is 37.6 Å². The summed E-state index contributed by atoms with van der Waals surface area (Å²) in [6, 6.07) is 10.8. The standard InChI is InChI=1S/C23H28N4/c1-15-6-4-7-18(11-15)21-12-22-24-20-9-5-8-19(20)23(27(22)25-21)26-13-16(2)10-17(3)14-26/h4,6-7,11-12,16-17H,5,8-10,13-14H2,1-3H3/t16-,17-/m1/s1. The molecule has 0 amide bonds. The van der Waals surface area contributed by atoms with Crippen molar-refractivity contribution in [2.24, 2.45) is 11.8 Å². The summed E-state index contributed by atoms with van der Waals surface area (Å²) in [5.41, 5.74) is 7.18. The topological polar surface area (TPSA) is 33.4 Å². The van der Waals surface area contributed by atoms with Gasteiger partial charge in [0.1, 0.15) is 5.82 Å². The van der Waals surface area contributed by atoms with Gasteiger partial charge in [0.25, 0.3) is 0 Å². The lowest BCUT2D eigenvalue weighted by Crippen LogP contribution is -2.40. The van der Waals surface area contributed by atoms with Crippen molar-refractivity contribution < 1.29 is 0 Å². The number of anilines is 1. The molecular weight excluding hydrogens is 332 g/mol. The van der Waals surface area contributed by atoms with E-state index in [1.165, 1.54) is 41.0 Å². The van der Waals surface area contributed by atoms with E-state index in [-0.39, 0.29) is 0 Å². The summed E-state index contributed by atoms with van der Waals surface area (Å²) in [6.07, 6.45) is 4.77. The van der Waals surface area contributed by atoms with Crippen LogP contribution in [-0.4, -0.2) is 27.7 Å². The summed E-state index contributed by atoms with van der Waals surface area (Å²) in [5, 5.41) is 5.04. The average Bonchev–Trinajstić information content (AvgIpc) is 3.24. The van der Waals surface area contributed by atoms with E-state index in [1.807, 2.05) is 0 Å². The number of rotatable bonds is 2. The van der Waals surface area contributed by atoms with Crippen LogP contribution in [0, 0.1) is 18.8 Å². The van der Waals surface area contributed by atoms with E-state index in [1.54, 1.807) is 0 Å². The zero-order chi connectivity index (χ0) is 18.5. The molecule has 2 aromatic heterocycles. The smallest absolute Gasteiger partial charge is 0.158 e. The molecule has 0 bridgehead atoms. The molecule has 0 radical (unpaired) electrons. The lowest BCUT2D eigenvalue weighted by Gasteiger charge is -2.37.